The number of hydrogen-bond acceptors (Lipinski definition) is 5. The molecule has 4 rings (SSSR count). The van der Waals surface area contributed by atoms with Crippen LogP contribution in [0.1, 0.15) is 12.5 Å². The van der Waals surface area contributed by atoms with Gasteiger partial charge in [0.05, 0.1) is 13.2 Å². The number of ether oxygens (including phenoxy) is 1. The fourth-order valence-corrected chi connectivity index (χ4v) is 5.88. The van der Waals surface area contributed by atoms with Crippen LogP contribution in [0.5, 0.6) is 0 Å². The van der Waals surface area contributed by atoms with Crippen LogP contribution in [0.3, 0.4) is 0 Å². The molecule has 0 spiro atoms. The highest BCUT2D eigenvalue weighted by atomic mass is 35.5. The summed E-state index contributed by atoms with van der Waals surface area (Å²) >= 11 is 6.21. The number of carboxylic acid groups (broad SMARTS) is 1. The third-order valence-corrected chi connectivity index (χ3v) is 7.43. The largest absolute Gasteiger partial charge is 0.480 e. The van der Waals surface area contributed by atoms with Crippen LogP contribution >= 0.6 is 11.6 Å². The summed E-state index contributed by atoms with van der Waals surface area (Å²) in [6.45, 7) is 3.81. The van der Waals surface area contributed by atoms with Gasteiger partial charge in [-0.1, -0.05) is 17.7 Å². The number of rotatable bonds is 5. The average molecular weight is 530 g/mol. The number of benzene rings is 1. The van der Waals surface area contributed by atoms with Crippen molar-refractivity contribution >= 4 is 23.3 Å². The van der Waals surface area contributed by atoms with Gasteiger partial charge in [-0.05, 0) is 30.5 Å². The lowest BCUT2D eigenvalue weighted by molar-refractivity contribution is -0.293. The first-order chi connectivity index (χ1) is 16.3. The minimum absolute atomic E-state index is 0.0447. The van der Waals surface area contributed by atoms with E-state index >= 15 is 0 Å². The van der Waals surface area contributed by atoms with Crippen LogP contribution in [0.2, 0.25) is 5.02 Å². The zero-order valence-corrected chi connectivity index (χ0v) is 19.5. The number of likely N-dealkylation sites (tertiary alicyclic amines) is 1. The van der Waals surface area contributed by atoms with E-state index in [0.29, 0.717) is 24.8 Å². The van der Waals surface area contributed by atoms with Gasteiger partial charge >= 0.3 is 18.3 Å². The molecule has 3 aliphatic heterocycles. The number of anilines is 1. The molecule has 3 fully saturated rings. The number of carbonyl (C=O) groups is 1. The standard InChI is InChI=1S/C22H26ClF6N3O3/c1-11-10-35-5-4-32(11)16-6-13(23)3-2-12(16)7-31-8-14-15(9-31)18(20(33)34)30-17(14)19(21(24,25)26)22(27,28)29/h2-3,6,11,14-15,17-19,30H,4-5,7-10H2,1H3,(H,33,34). The highest BCUT2D eigenvalue weighted by Gasteiger charge is 2.66. The summed E-state index contributed by atoms with van der Waals surface area (Å²) in [5.41, 5.74) is 1.63. The monoisotopic (exact) mass is 529 g/mol. The number of nitrogens with zero attached hydrogens (tertiary/aromatic N) is 2. The Bertz CT molecular complexity index is 932. The van der Waals surface area contributed by atoms with Gasteiger partial charge in [0, 0.05) is 54.9 Å². The Morgan fingerprint density at radius 2 is 1.86 bits per heavy atom. The third-order valence-electron chi connectivity index (χ3n) is 7.20. The first kappa shape index (κ1) is 26.3. The van der Waals surface area contributed by atoms with Gasteiger partial charge in [-0.25, -0.2) is 0 Å². The molecule has 0 aliphatic carbocycles. The van der Waals surface area contributed by atoms with Gasteiger partial charge in [-0.15, -0.1) is 0 Å². The minimum Gasteiger partial charge on any atom is -0.480 e. The van der Waals surface area contributed by atoms with Crippen LogP contribution < -0.4 is 10.2 Å². The summed E-state index contributed by atoms with van der Waals surface area (Å²) in [5.74, 6) is -7.11. The van der Waals surface area contributed by atoms with Crippen LogP contribution in [0.15, 0.2) is 18.2 Å². The molecule has 1 aromatic carbocycles. The van der Waals surface area contributed by atoms with Crippen molar-refractivity contribution in [2.75, 3.05) is 37.7 Å². The second-order valence-electron chi connectivity index (χ2n) is 9.48. The highest BCUT2D eigenvalue weighted by molar-refractivity contribution is 6.30. The number of halogens is 7. The molecule has 0 amide bonds. The fraction of sp³-hybridized carbons (Fsp3) is 0.682. The van der Waals surface area contributed by atoms with Crippen molar-refractivity contribution in [2.24, 2.45) is 17.8 Å². The van der Waals surface area contributed by atoms with E-state index in [0.717, 1.165) is 11.3 Å². The molecule has 3 aliphatic rings. The number of alkyl halides is 6. The van der Waals surface area contributed by atoms with Crippen LogP contribution in [-0.4, -0.2) is 79.3 Å². The van der Waals surface area contributed by atoms with E-state index in [-0.39, 0.29) is 25.7 Å². The fourth-order valence-electron chi connectivity index (χ4n) is 5.71. The zero-order valence-electron chi connectivity index (χ0n) is 18.7. The molecule has 5 atom stereocenters. The van der Waals surface area contributed by atoms with Gasteiger partial charge in [-0.3, -0.25) is 9.69 Å². The van der Waals surface area contributed by atoms with E-state index < -0.39 is 48.2 Å². The Hall–Kier alpha value is -1.76. The summed E-state index contributed by atoms with van der Waals surface area (Å²) in [7, 11) is 0. The number of fused-ring (bicyclic) bond motifs is 1. The van der Waals surface area contributed by atoms with Crippen molar-refractivity contribution in [2.45, 2.75) is 43.9 Å². The Kier molecular flexibility index (Phi) is 7.22. The molecule has 6 nitrogen and oxygen atoms in total. The van der Waals surface area contributed by atoms with Crippen LogP contribution in [0.25, 0.3) is 0 Å². The van der Waals surface area contributed by atoms with Gasteiger partial charge in [0.15, 0.2) is 5.92 Å². The van der Waals surface area contributed by atoms with Crippen LogP contribution in [-0.2, 0) is 16.1 Å². The quantitative estimate of drug-likeness (QED) is 0.566. The molecule has 0 aromatic heterocycles. The van der Waals surface area contributed by atoms with Crippen molar-refractivity contribution in [3.05, 3.63) is 28.8 Å². The first-order valence-electron chi connectivity index (χ1n) is 11.2. The number of morpholine rings is 1. The summed E-state index contributed by atoms with van der Waals surface area (Å²) in [5, 5.41) is 12.2. The van der Waals surface area contributed by atoms with E-state index in [2.05, 4.69) is 10.2 Å². The first-order valence-corrected chi connectivity index (χ1v) is 11.6. The van der Waals surface area contributed by atoms with Gasteiger partial charge in [0.25, 0.3) is 0 Å². The SMILES string of the molecule is CC1COCCN1c1cc(Cl)ccc1CN1CC2C(C(=O)O)NC(C(C(F)(F)F)C(F)(F)F)C2C1. The lowest BCUT2D eigenvalue weighted by Crippen LogP contribution is -2.53. The maximum atomic E-state index is 13.5. The molecule has 13 heteroatoms. The van der Waals surface area contributed by atoms with Gasteiger partial charge in [0.2, 0.25) is 0 Å². The normalized spacial score (nSPS) is 30.2. The Morgan fingerprint density at radius 1 is 1.20 bits per heavy atom. The summed E-state index contributed by atoms with van der Waals surface area (Å²) < 4.78 is 86.4. The number of carboxylic acids is 1. The molecule has 0 radical (unpaired) electrons. The molecule has 196 valence electrons. The zero-order chi connectivity index (χ0) is 25.7. The molecule has 3 saturated heterocycles. The Morgan fingerprint density at radius 3 is 2.46 bits per heavy atom. The van der Waals surface area contributed by atoms with Crippen molar-refractivity contribution in [3.8, 4) is 0 Å². The molecular weight excluding hydrogens is 504 g/mol. The van der Waals surface area contributed by atoms with Crippen LogP contribution in [0, 0.1) is 17.8 Å². The van der Waals surface area contributed by atoms with Gasteiger partial charge < -0.3 is 20.1 Å². The second-order valence-corrected chi connectivity index (χ2v) is 9.92. The topological polar surface area (TPSA) is 65.0 Å². The number of aliphatic carboxylic acids is 1. The van der Waals surface area contributed by atoms with Crippen molar-refractivity contribution in [1.29, 1.82) is 0 Å². The average Bonchev–Trinajstić information content (AvgIpc) is 3.27. The molecular formula is C22H26ClF6N3O3. The predicted molar refractivity (Wildman–Crippen MR) is 115 cm³/mol. The molecule has 5 unspecified atom stereocenters. The van der Waals surface area contributed by atoms with E-state index in [1.54, 1.807) is 23.1 Å². The van der Waals surface area contributed by atoms with E-state index in [4.69, 9.17) is 16.3 Å². The minimum atomic E-state index is -5.56. The van der Waals surface area contributed by atoms with Crippen molar-refractivity contribution < 1.29 is 41.0 Å². The Balaban J connectivity index is 1.60. The van der Waals surface area contributed by atoms with E-state index in [1.807, 2.05) is 6.92 Å². The molecule has 1 aromatic rings. The molecule has 0 bridgehead atoms. The van der Waals surface area contributed by atoms with Crippen molar-refractivity contribution in [1.82, 2.24) is 10.2 Å². The summed E-state index contributed by atoms with van der Waals surface area (Å²) in [4.78, 5) is 15.6. The van der Waals surface area contributed by atoms with Gasteiger partial charge in [-0.2, -0.15) is 26.3 Å². The second kappa shape index (κ2) is 9.60. The lowest BCUT2D eigenvalue weighted by Gasteiger charge is -2.37. The molecule has 0 saturated carbocycles. The van der Waals surface area contributed by atoms with E-state index in [9.17, 15) is 36.2 Å². The van der Waals surface area contributed by atoms with Crippen molar-refractivity contribution in [3.63, 3.8) is 0 Å². The van der Waals surface area contributed by atoms with Crippen LogP contribution in [0.4, 0.5) is 32.0 Å². The predicted octanol–water partition coefficient (Wildman–Crippen LogP) is 3.78. The van der Waals surface area contributed by atoms with E-state index in [1.165, 1.54) is 0 Å². The van der Waals surface area contributed by atoms with Gasteiger partial charge in [0.1, 0.15) is 6.04 Å². The number of hydrogen-bond donors (Lipinski definition) is 2. The smallest absolute Gasteiger partial charge is 0.402 e. The third kappa shape index (κ3) is 5.35. The summed E-state index contributed by atoms with van der Waals surface area (Å²) in [6, 6.07) is 1.72. The molecule has 35 heavy (non-hydrogen) atoms. The highest BCUT2D eigenvalue weighted by Crippen LogP contribution is 2.49. The summed E-state index contributed by atoms with van der Waals surface area (Å²) in [6.07, 6.45) is -11.1. The Labute approximate surface area is 203 Å². The lowest BCUT2D eigenvalue weighted by atomic mass is 9.84. The number of nitrogens with one attached hydrogen (secondary N) is 1. The maximum absolute atomic E-state index is 13.5. The molecule has 2 N–H and O–H groups in total. The maximum Gasteiger partial charge on any atom is 0.402 e. The molecule has 3 heterocycles.